The van der Waals surface area contributed by atoms with Crippen molar-refractivity contribution in [2.75, 3.05) is 31.1 Å². The monoisotopic (exact) mass is 518 g/mol. The van der Waals surface area contributed by atoms with E-state index >= 15 is 0 Å². The summed E-state index contributed by atoms with van der Waals surface area (Å²) in [5.74, 6) is -0.278. The van der Waals surface area contributed by atoms with Gasteiger partial charge in [0.15, 0.2) is 6.10 Å². The smallest absolute Gasteiger partial charge is 0.256 e. The Labute approximate surface area is 225 Å². The highest BCUT2D eigenvalue weighted by atomic mass is 16.3. The van der Waals surface area contributed by atoms with Crippen LogP contribution >= 0.6 is 0 Å². The molecule has 0 spiro atoms. The summed E-state index contributed by atoms with van der Waals surface area (Å²) in [6.07, 6.45) is 5.97. The van der Waals surface area contributed by atoms with Gasteiger partial charge < -0.3 is 14.9 Å². The van der Waals surface area contributed by atoms with Gasteiger partial charge in [0.25, 0.3) is 5.91 Å². The number of aliphatic hydroxyl groups is 1. The van der Waals surface area contributed by atoms with Crippen molar-refractivity contribution in [3.8, 4) is 28.6 Å². The third kappa shape index (κ3) is 4.60. The summed E-state index contributed by atoms with van der Waals surface area (Å²) in [7, 11) is 1.87. The second kappa shape index (κ2) is 10.0. The number of aromatic nitrogens is 5. The summed E-state index contributed by atoms with van der Waals surface area (Å²) < 4.78 is 3.44. The number of hydrogen-bond acceptors (Lipinski definition) is 7. The molecule has 10 heteroatoms. The SMILES string of the molecule is Cn1ccc(-c2cc(-c3ccc(N4CCN(C(=O)[C@H](O)c5ccccc5)CC4)cn3)c3c(C#N)cnn3c2)n1. The molecule has 5 aromatic rings. The van der Waals surface area contributed by atoms with Crippen LogP contribution in [0.15, 0.2) is 79.4 Å². The highest BCUT2D eigenvalue weighted by molar-refractivity contribution is 5.86. The largest absolute Gasteiger partial charge is 0.378 e. The number of benzene rings is 1. The minimum absolute atomic E-state index is 0.278. The molecule has 1 N–H and O–H groups in total. The molecule has 0 aliphatic carbocycles. The molecule has 1 aliphatic heterocycles. The number of rotatable bonds is 5. The van der Waals surface area contributed by atoms with E-state index in [4.69, 9.17) is 4.98 Å². The number of nitriles is 1. The average molecular weight is 519 g/mol. The number of hydrogen-bond donors (Lipinski definition) is 1. The van der Waals surface area contributed by atoms with Gasteiger partial charge in [0.1, 0.15) is 6.07 Å². The summed E-state index contributed by atoms with van der Waals surface area (Å²) in [4.78, 5) is 21.5. The van der Waals surface area contributed by atoms with Gasteiger partial charge in [-0.3, -0.25) is 14.5 Å². The molecule has 1 atom stereocenters. The maximum Gasteiger partial charge on any atom is 0.256 e. The maximum absolute atomic E-state index is 12.8. The van der Waals surface area contributed by atoms with Crippen molar-refractivity contribution in [2.24, 2.45) is 7.05 Å². The molecule has 0 bridgehead atoms. The number of anilines is 1. The fourth-order valence-electron chi connectivity index (χ4n) is 4.98. The number of nitrogens with zero attached hydrogens (tertiary/aromatic N) is 8. The molecular formula is C29H26N8O2. The highest BCUT2D eigenvalue weighted by Crippen LogP contribution is 2.31. The predicted octanol–water partition coefficient (Wildman–Crippen LogP) is 3.05. The zero-order valence-corrected chi connectivity index (χ0v) is 21.3. The molecule has 194 valence electrons. The molecule has 10 nitrogen and oxygen atoms in total. The second-order valence-corrected chi connectivity index (χ2v) is 9.51. The Balaban J connectivity index is 1.22. The molecule has 1 aromatic carbocycles. The van der Waals surface area contributed by atoms with E-state index in [1.807, 2.05) is 68.1 Å². The lowest BCUT2D eigenvalue weighted by Crippen LogP contribution is -2.50. The van der Waals surface area contributed by atoms with E-state index in [1.54, 1.807) is 32.4 Å². The van der Waals surface area contributed by atoms with Crippen molar-refractivity contribution in [1.29, 1.82) is 5.26 Å². The van der Waals surface area contributed by atoms with Crippen LogP contribution in [-0.2, 0) is 11.8 Å². The molecule has 0 unspecified atom stereocenters. The van der Waals surface area contributed by atoms with E-state index in [0.29, 0.717) is 42.8 Å². The molecule has 5 heterocycles. The summed E-state index contributed by atoms with van der Waals surface area (Å²) in [5, 5.41) is 29.1. The third-order valence-corrected chi connectivity index (χ3v) is 7.07. The molecule has 4 aromatic heterocycles. The number of aliphatic hydroxyl groups excluding tert-OH is 1. The van der Waals surface area contributed by atoms with Gasteiger partial charge in [0.2, 0.25) is 0 Å². The van der Waals surface area contributed by atoms with Crippen LogP contribution in [0.2, 0.25) is 0 Å². The number of fused-ring (bicyclic) bond motifs is 1. The Kier molecular flexibility index (Phi) is 6.26. The van der Waals surface area contributed by atoms with Crippen molar-refractivity contribution < 1.29 is 9.90 Å². The van der Waals surface area contributed by atoms with E-state index in [0.717, 1.165) is 28.2 Å². The Morgan fingerprint density at radius 2 is 1.82 bits per heavy atom. The lowest BCUT2D eigenvalue weighted by atomic mass is 10.0. The fourth-order valence-corrected chi connectivity index (χ4v) is 4.98. The van der Waals surface area contributed by atoms with Gasteiger partial charge >= 0.3 is 0 Å². The van der Waals surface area contributed by atoms with Crippen LogP contribution in [-0.4, -0.2) is 66.5 Å². The topological polar surface area (TPSA) is 116 Å². The van der Waals surface area contributed by atoms with Gasteiger partial charge in [-0.2, -0.15) is 15.5 Å². The standard InChI is InChI=1S/C29H26N8O2/c1-34-10-9-25(33-34)21-15-24(27-22(16-30)17-32-37(27)19-21)26-8-7-23(18-31-26)35-11-13-36(14-12-35)29(39)28(38)20-5-3-2-4-6-20/h2-10,15,17-19,28,38H,11-14H2,1H3/t28-/m1/s1. The number of pyridine rings is 2. The zero-order valence-electron chi connectivity index (χ0n) is 21.3. The summed E-state index contributed by atoms with van der Waals surface area (Å²) in [5.41, 5.74) is 5.90. The van der Waals surface area contributed by atoms with Gasteiger partial charge in [-0.15, -0.1) is 0 Å². The Hall–Kier alpha value is -5.01. The van der Waals surface area contributed by atoms with Crippen LogP contribution in [0, 0.1) is 11.3 Å². The van der Waals surface area contributed by atoms with Crippen molar-refractivity contribution in [3.63, 3.8) is 0 Å². The normalized spacial score (nSPS) is 14.4. The molecule has 0 radical (unpaired) electrons. The third-order valence-electron chi connectivity index (χ3n) is 7.07. The van der Waals surface area contributed by atoms with E-state index in [1.165, 1.54) is 0 Å². The number of piperazine rings is 1. The maximum atomic E-state index is 12.8. The van der Waals surface area contributed by atoms with Gasteiger partial charge in [0.05, 0.1) is 40.5 Å². The zero-order chi connectivity index (χ0) is 26.9. The predicted molar refractivity (Wildman–Crippen MR) is 146 cm³/mol. The second-order valence-electron chi connectivity index (χ2n) is 9.51. The molecular weight excluding hydrogens is 492 g/mol. The number of amides is 1. The molecule has 1 fully saturated rings. The molecule has 0 saturated carbocycles. The summed E-state index contributed by atoms with van der Waals surface area (Å²) in [6, 6.07) is 19.1. The molecule has 1 amide bonds. The molecule has 1 saturated heterocycles. The van der Waals surface area contributed by atoms with Crippen molar-refractivity contribution in [2.45, 2.75) is 6.10 Å². The van der Waals surface area contributed by atoms with Crippen LogP contribution in [0.4, 0.5) is 5.69 Å². The van der Waals surface area contributed by atoms with Crippen molar-refractivity contribution in [1.82, 2.24) is 29.3 Å². The van der Waals surface area contributed by atoms with E-state index in [2.05, 4.69) is 21.2 Å². The lowest BCUT2D eigenvalue weighted by Gasteiger charge is -2.36. The first-order valence-electron chi connectivity index (χ1n) is 12.7. The Morgan fingerprint density at radius 1 is 1.03 bits per heavy atom. The first-order chi connectivity index (χ1) is 19.0. The molecule has 39 heavy (non-hydrogen) atoms. The molecule has 1 aliphatic rings. The average Bonchev–Trinajstić information content (AvgIpc) is 3.62. The Morgan fingerprint density at radius 3 is 2.49 bits per heavy atom. The van der Waals surface area contributed by atoms with E-state index < -0.39 is 6.10 Å². The number of carbonyl (C=O) groups excluding carboxylic acids is 1. The van der Waals surface area contributed by atoms with E-state index in [-0.39, 0.29) is 5.91 Å². The highest BCUT2D eigenvalue weighted by Gasteiger charge is 2.27. The van der Waals surface area contributed by atoms with Gasteiger partial charge in [0, 0.05) is 56.7 Å². The molecule has 6 rings (SSSR count). The number of carbonyl (C=O) groups is 1. The minimum atomic E-state index is -1.15. The van der Waals surface area contributed by atoms with Gasteiger partial charge in [-0.25, -0.2) is 4.52 Å². The Bertz CT molecular complexity index is 1680. The quantitative estimate of drug-likeness (QED) is 0.380. The van der Waals surface area contributed by atoms with Crippen LogP contribution in [0.5, 0.6) is 0 Å². The number of aryl methyl sites for hydroxylation is 1. The first-order valence-corrected chi connectivity index (χ1v) is 12.7. The van der Waals surface area contributed by atoms with Crippen LogP contribution < -0.4 is 4.90 Å². The minimum Gasteiger partial charge on any atom is -0.378 e. The van der Waals surface area contributed by atoms with Crippen molar-refractivity contribution in [3.05, 3.63) is 90.5 Å². The van der Waals surface area contributed by atoms with Crippen LogP contribution in [0.25, 0.3) is 28.0 Å². The fraction of sp³-hybridized carbons (Fsp3) is 0.207. The summed E-state index contributed by atoms with van der Waals surface area (Å²) in [6.45, 7) is 2.29. The van der Waals surface area contributed by atoms with Gasteiger partial charge in [-0.05, 0) is 29.8 Å². The lowest BCUT2D eigenvalue weighted by molar-refractivity contribution is -0.140. The van der Waals surface area contributed by atoms with Crippen molar-refractivity contribution >= 4 is 17.1 Å². The van der Waals surface area contributed by atoms with Gasteiger partial charge in [-0.1, -0.05) is 30.3 Å². The van der Waals surface area contributed by atoms with E-state index in [9.17, 15) is 15.2 Å². The first kappa shape index (κ1) is 24.3. The van der Waals surface area contributed by atoms with Crippen LogP contribution in [0.1, 0.15) is 17.2 Å². The van der Waals surface area contributed by atoms with Crippen LogP contribution in [0.3, 0.4) is 0 Å². The summed E-state index contributed by atoms with van der Waals surface area (Å²) >= 11 is 0.